The zero-order valence-corrected chi connectivity index (χ0v) is 12.5. The van der Waals surface area contributed by atoms with Gasteiger partial charge in [0.1, 0.15) is 12.4 Å². The van der Waals surface area contributed by atoms with Gasteiger partial charge in [0.05, 0.1) is 0 Å². The predicted octanol–water partition coefficient (Wildman–Crippen LogP) is -0.0328. The molecule has 0 fully saturated rings. The standard InChI is InChI=1S/C13H9F2O.BrH.Mg/c14-11-6-2-1-5-10(11)9-16-13-8-4-3-7-12(13)15;;/h1-2,4-8H,9H2;1H;/q-1;;+2/p-1. The van der Waals surface area contributed by atoms with Gasteiger partial charge in [-0.05, 0) is 6.07 Å². The third-order valence-electron chi connectivity index (χ3n) is 2.12. The predicted molar refractivity (Wildman–Crippen MR) is 61.7 cm³/mol. The van der Waals surface area contributed by atoms with Crippen molar-refractivity contribution in [3.63, 3.8) is 0 Å². The molecule has 0 bridgehead atoms. The summed E-state index contributed by atoms with van der Waals surface area (Å²) in [6.07, 6.45) is 0. The van der Waals surface area contributed by atoms with Crippen LogP contribution in [0.1, 0.15) is 5.56 Å². The Kier molecular flexibility index (Phi) is 8.14. The van der Waals surface area contributed by atoms with Gasteiger partial charge in [-0.25, -0.2) is 4.39 Å². The Labute approximate surface area is 131 Å². The molecule has 0 spiro atoms. The molecule has 2 aromatic carbocycles. The third kappa shape index (κ3) is 4.55. The summed E-state index contributed by atoms with van der Waals surface area (Å²) in [6.45, 7) is 0.00755. The van der Waals surface area contributed by atoms with E-state index in [9.17, 15) is 8.78 Å². The van der Waals surface area contributed by atoms with E-state index in [0.717, 1.165) is 0 Å². The first-order chi connectivity index (χ1) is 7.77. The van der Waals surface area contributed by atoms with Crippen LogP contribution in [0.3, 0.4) is 0 Å². The zero-order valence-electron chi connectivity index (χ0n) is 9.50. The first kappa shape index (κ1) is 17.3. The molecule has 2 aromatic rings. The van der Waals surface area contributed by atoms with Crippen LogP contribution < -0.4 is 21.7 Å². The normalized spacial score (nSPS) is 9.00. The second-order valence-corrected chi connectivity index (χ2v) is 3.24. The van der Waals surface area contributed by atoms with Crippen LogP contribution in [0.25, 0.3) is 0 Å². The molecule has 0 aliphatic carbocycles. The second-order valence-electron chi connectivity index (χ2n) is 3.24. The molecule has 0 saturated carbocycles. The quantitative estimate of drug-likeness (QED) is 0.569. The van der Waals surface area contributed by atoms with Gasteiger partial charge in [0.15, 0.2) is 0 Å². The first-order valence-electron chi connectivity index (χ1n) is 4.79. The van der Waals surface area contributed by atoms with Gasteiger partial charge in [-0.2, -0.15) is 12.1 Å². The van der Waals surface area contributed by atoms with Crippen LogP contribution in [-0.4, -0.2) is 23.1 Å². The maximum Gasteiger partial charge on any atom is 2.00 e. The van der Waals surface area contributed by atoms with Gasteiger partial charge < -0.3 is 21.7 Å². The van der Waals surface area contributed by atoms with E-state index in [1.54, 1.807) is 24.3 Å². The van der Waals surface area contributed by atoms with Crippen LogP contribution in [0.5, 0.6) is 5.75 Å². The average molecular weight is 323 g/mol. The molecule has 2 rings (SSSR count). The van der Waals surface area contributed by atoms with Crippen LogP contribution in [0, 0.1) is 17.7 Å². The molecule has 0 aromatic heterocycles. The van der Waals surface area contributed by atoms with Crippen molar-refractivity contribution in [2.45, 2.75) is 6.61 Å². The molecule has 0 heterocycles. The van der Waals surface area contributed by atoms with Crippen LogP contribution in [0.4, 0.5) is 8.78 Å². The zero-order chi connectivity index (χ0) is 11.4. The summed E-state index contributed by atoms with van der Waals surface area (Å²) in [5.74, 6) is -0.758. The Bertz CT molecular complexity index is 448. The van der Waals surface area contributed by atoms with Crippen molar-refractivity contribution < 1.29 is 30.5 Å². The Morgan fingerprint density at radius 1 is 1.06 bits per heavy atom. The summed E-state index contributed by atoms with van der Waals surface area (Å²) in [7, 11) is 0. The topological polar surface area (TPSA) is 9.23 Å². The van der Waals surface area contributed by atoms with Crippen LogP contribution in [0.15, 0.2) is 42.5 Å². The summed E-state index contributed by atoms with van der Waals surface area (Å²) in [5, 5.41) is 0. The van der Waals surface area contributed by atoms with Crippen molar-refractivity contribution in [2.75, 3.05) is 0 Å². The fraction of sp³-hybridized carbons (Fsp3) is 0.0769. The average Bonchev–Trinajstić information content (AvgIpc) is 2.30. The molecule has 1 nitrogen and oxygen atoms in total. The molecule has 0 amide bonds. The van der Waals surface area contributed by atoms with Crippen LogP contribution in [-0.2, 0) is 6.61 Å². The van der Waals surface area contributed by atoms with Crippen molar-refractivity contribution in [3.05, 3.63) is 65.7 Å². The van der Waals surface area contributed by atoms with Gasteiger partial charge in [-0.3, -0.25) is 4.39 Å². The van der Waals surface area contributed by atoms with E-state index in [1.165, 1.54) is 18.2 Å². The number of halogens is 3. The molecule has 0 unspecified atom stereocenters. The van der Waals surface area contributed by atoms with E-state index in [4.69, 9.17) is 4.74 Å². The summed E-state index contributed by atoms with van der Waals surface area (Å²) in [4.78, 5) is 0. The summed E-state index contributed by atoms with van der Waals surface area (Å²) < 4.78 is 31.5. The van der Waals surface area contributed by atoms with Crippen LogP contribution >= 0.6 is 0 Å². The minimum atomic E-state index is -0.501. The molecule has 0 aliphatic rings. The summed E-state index contributed by atoms with van der Waals surface area (Å²) in [6, 6.07) is 13.0. The Morgan fingerprint density at radius 2 is 1.78 bits per heavy atom. The first-order valence-corrected chi connectivity index (χ1v) is 4.79. The Hall–Kier alpha value is -0.654. The van der Waals surface area contributed by atoms with E-state index in [-0.39, 0.29) is 58.2 Å². The number of hydrogen-bond donors (Lipinski definition) is 0. The van der Waals surface area contributed by atoms with Gasteiger partial charge in [0.25, 0.3) is 0 Å². The van der Waals surface area contributed by atoms with E-state index in [0.29, 0.717) is 5.56 Å². The van der Waals surface area contributed by atoms with E-state index >= 15 is 0 Å². The van der Waals surface area contributed by atoms with Crippen molar-refractivity contribution in [1.82, 2.24) is 0 Å². The molecule has 90 valence electrons. The minimum Gasteiger partial charge on any atom is -1.00 e. The number of rotatable bonds is 3. The van der Waals surface area contributed by atoms with Crippen molar-refractivity contribution in [2.24, 2.45) is 0 Å². The van der Waals surface area contributed by atoms with Gasteiger partial charge in [0.2, 0.25) is 0 Å². The van der Waals surface area contributed by atoms with Crippen molar-refractivity contribution in [1.29, 1.82) is 0 Å². The molecule has 0 atom stereocenters. The molecule has 18 heavy (non-hydrogen) atoms. The maximum absolute atomic E-state index is 13.2. The number of ether oxygens (including phenoxy) is 1. The van der Waals surface area contributed by atoms with Gasteiger partial charge in [0, 0.05) is 17.1 Å². The molecular formula is C13H9BrF2MgO. The smallest absolute Gasteiger partial charge is 1.00 e. The van der Waals surface area contributed by atoms with Crippen molar-refractivity contribution in [3.8, 4) is 5.75 Å². The largest absolute Gasteiger partial charge is 2.00 e. The fourth-order valence-electron chi connectivity index (χ4n) is 1.28. The van der Waals surface area contributed by atoms with Gasteiger partial charge in [-0.15, -0.1) is 12.1 Å². The molecule has 0 aliphatic heterocycles. The molecular weight excluding hydrogens is 314 g/mol. The maximum atomic E-state index is 13.2. The van der Waals surface area contributed by atoms with Gasteiger partial charge in [-0.1, -0.05) is 18.2 Å². The van der Waals surface area contributed by atoms with Crippen LogP contribution in [0.2, 0.25) is 0 Å². The number of benzene rings is 2. The van der Waals surface area contributed by atoms with Crippen molar-refractivity contribution >= 4 is 23.1 Å². The molecule has 0 saturated heterocycles. The summed E-state index contributed by atoms with van der Waals surface area (Å²) in [5.41, 5.74) is 0.398. The van der Waals surface area contributed by atoms with E-state index in [2.05, 4.69) is 6.07 Å². The van der Waals surface area contributed by atoms with E-state index in [1.807, 2.05) is 0 Å². The van der Waals surface area contributed by atoms with E-state index < -0.39 is 5.82 Å². The summed E-state index contributed by atoms with van der Waals surface area (Å²) >= 11 is 0. The third-order valence-corrected chi connectivity index (χ3v) is 2.12. The Morgan fingerprint density at radius 3 is 2.44 bits per heavy atom. The molecule has 0 radical (unpaired) electrons. The minimum absolute atomic E-state index is 0. The second kappa shape index (κ2) is 8.45. The number of hydrogen-bond acceptors (Lipinski definition) is 1. The SMILES string of the molecule is Fc1ccccc1COc1cc[c-]cc1F.[Br-].[Mg+2]. The Balaban J connectivity index is 0.00000144. The monoisotopic (exact) mass is 322 g/mol. The molecule has 0 N–H and O–H groups in total. The molecule has 5 heteroatoms. The van der Waals surface area contributed by atoms with Gasteiger partial charge >= 0.3 is 23.1 Å². The fourth-order valence-corrected chi connectivity index (χ4v) is 1.28.